The average Bonchev–Trinajstić information content (AvgIpc) is 2.36. The van der Waals surface area contributed by atoms with Crippen LogP contribution in [0.5, 0.6) is 0 Å². The molecule has 3 heteroatoms. The fourth-order valence-corrected chi connectivity index (χ4v) is 2.37. The molecule has 0 aliphatic rings. The molecule has 0 spiro atoms. The van der Waals surface area contributed by atoms with E-state index in [9.17, 15) is 9.50 Å². The zero-order valence-corrected chi connectivity index (χ0v) is 12.6. The Morgan fingerprint density at radius 1 is 1.10 bits per heavy atom. The summed E-state index contributed by atoms with van der Waals surface area (Å²) in [5.74, 6) is -0.387. The van der Waals surface area contributed by atoms with E-state index in [1.54, 1.807) is 19.1 Å². The lowest BCUT2D eigenvalue weighted by atomic mass is 9.87. The van der Waals surface area contributed by atoms with Crippen LogP contribution >= 0.6 is 11.6 Å². The summed E-state index contributed by atoms with van der Waals surface area (Å²) in [6.07, 6.45) is 0.207. The van der Waals surface area contributed by atoms with Gasteiger partial charge in [0.1, 0.15) is 5.82 Å². The third-order valence-corrected chi connectivity index (χ3v) is 3.91. The third-order valence-electron chi connectivity index (χ3n) is 3.68. The summed E-state index contributed by atoms with van der Waals surface area (Å²) >= 11 is 5.74. The SMILES string of the molecule is Cc1ccc(C(C)(O)Cc2ccc(Cl)cc2F)cc1C. The van der Waals surface area contributed by atoms with Crippen LogP contribution in [0.25, 0.3) is 0 Å². The van der Waals surface area contributed by atoms with Gasteiger partial charge in [-0.1, -0.05) is 35.9 Å². The summed E-state index contributed by atoms with van der Waals surface area (Å²) in [6, 6.07) is 10.3. The highest BCUT2D eigenvalue weighted by molar-refractivity contribution is 6.30. The van der Waals surface area contributed by atoms with E-state index in [0.29, 0.717) is 10.6 Å². The number of hydrogen-bond donors (Lipinski definition) is 1. The molecule has 2 aromatic carbocycles. The van der Waals surface area contributed by atoms with Crippen LogP contribution in [-0.4, -0.2) is 5.11 Å². The van der Waals surface area contributed by atoms with E-state index in [4.69, 9.17) is 11.6 Å². The Hall–Kier alpha value is -1.38. The van der Waals surface area contributed by atoms with Gasteiger partial charge in [-0.2, -0.15) is 0 Å². The molecular formula is C17H18ClFO. The largest absolute Gasteiger partial charge is 0.385 e. The molecule has 20 heavy (non-hydrogen) atoms. The maximum Gasteiger partial charge on any atom is 0.127 e. The Morgan fingerprint density at radius 2 is 1.80 bits per heavy atom. The predicted octanol–water partition coefficient (Wildman–Crippen LogP) is 4.55. The van der Waals surface area contributed by atoms with Gasteiger partial charge in [0.15, 0.2) is 0 Å². The molecule has 0 aliphatic heterocycles. The quantitative estimate of drug-likeness (QED) is 0.880. The van der Waals surface area contributed by atoms with E-state index in [1.807, 2.05) is 32.0 Å². The van der Waals surface area contributed by atoms with Gasteiger partial charge in [-0.15, -0.1) is 0 Å². The second-order valence-electron chi connectivity index (χ2n) is 5.49. The Balaban J connectivity index is 2.32. The lowest BCUT2D eigenvalue weighted by Crippen LogP contribution is -2.25. The molecule has 1 unspecified atom stereocenters. The number of benzene rings is 2. The molecule has 0 saturated carbocycles. The second-order valence-corrected chi connectivity index (χ2v) is 5.92. The zero-order valence-electron chi connectivity index (χ0n) is 11.9. The summed E-state index contributed by atoms with van der Waals surface area (Å²) < 4.78 is 13.8. The number of hydrogen-bond acceptors (Lipinski definition) is 1. The molecule has 1 nitrogen and oxygen atoms in total. The van der Waals surface area contributed by atoms with E-state index in [-0.39, 0.29) is 12.2 Å². The lowest BCUT2D eigenvalue weighted by molar-refractivity contribution is 0.0566. The molecule has 0 amide bonds. The topological polar surface area (TPSA) is 20.2 Å². The summed E-state index contributed by atoms with van der Waals surface area (Å²) in [5.41, 5.74) is 2.40. The smallest absolute Gasteiger partial charge is 0.127 e. The maximum absolute atomic E-state index is 13.8. The fourth-order valence-electron chi connectivity index (χ4n) is 2.21. The zero-order chi connectivity index (χ0) is 14.9. The van der Waals surface area contributed by atoms with Gasteiger partial charge in [-0.25, -0.2) is 4.39 Å². The minimum atomic E-state index is -1.12. The average molecular weight is 293 g/mol. The Kier molecular flexibility index (Phi) is 4.17. The van der Waals surface area contributed by atoms with Crippen LogP contribution in [0.15, 0.2) is 36.4 Å². The van der Waals surface area contributed by atoms with Crippen LogP contribution in [0.4, 0.5) is 4.39 Å². The monoisotopic (exact) mass is 292 g/mol. The Morgan fingerprint density at radius 3 is 2.40 bits per heavy atom. The van der Waals surface area contributed by atoms with Gasteiger partial charge in [-0.3, -0.25) is 0 Å². The van der Waals surface area contributed by atoms with Crippen molar-refractivity contribution in [3.8, 4) is 0 Å². The normalized spacial score (nSPS) is 14.1. The van der Waals surface area contributed by atoms with Gasteiger partial charge < -0.3 is 5.11 Å². The van der Waals surface area contributed by atoms with Crippen LogP contribution in [-0.2, 0) is 12.0 Å². The van der Waals surface area contributed by atoms with Gasteiger partial charge in [0, 0.05) is 11.4 Å². The summed E-state index contributed by atoms with van der Waals surface area (Å²) in [7, 11) is 0. The molecule has 0 heterocycles. The number of aliphatic hydroxyl groups is 1. The maximum atomic E-state index is 13.8. The van der Waals surface area contributed by atoms with Crippen molar-refractivity contribution in [2.24, 2.45) is 0 Å². The molecule has 0 fully saturated rings. The summed E-state index contributed by atoms with van der Waals surface area (Å²) in [5, 5.41) is 11.0. The van der Waals surface area contributed by atoms with Crippen molar-refractivity contribution < 1.29 is 9.50 Å². The van der Waals surface area contributed by atoms with Gasteiger partial charge in [0.05, 0.1) is 5.60 Å². The van der Waals surface area contributed by atoms with Gasteiger partial charge in [-0.05, 0) is 55.2 Å². The summed E-state index contributed by atoms with van der Waals surface area (Å²) in [6.45, 7) is 5.72. The van der Waals surface area contributed by atoms with Crippen LogP contribution in [0, 0.1) is 19.7 Å². The predicted molar refractivity (Wildman–Crippen MR) is 80.6 cm³/mol. The van der Waals surface area contributed by atoms with Gasteiger partial charge in [0.25, 0.3) is 0 Å². The van der Waals surface area contributed by atoms with Crippen molar-refractivity contribution in [3.63, 3.8) is 0 Å². The second kappa shape index (κ2) is 5.55. The van der Waals surface area contributed by atoms with Crippen molar-refractivity contribution in [3.05, 3.63) is 69.5 Å². The van der Waals surface area contributed by atoms with Crippen molar-refractivity contribution in [1.82, 2.24) is 0 Å². The molecule has 0 bridgehead atoms. The molecule has 1 atom stereocenters. The first kappa shape index (κ1) is 15.0. The number of aryl methyl sites for hydroxylation is 2. The number of rotatable bonds is 3. The highest BCUT2D eigenvalue weighted by Gasteiger charge is 2.25. The highest BCUT2D eigenvalue weighted by Crippen LogP contribution is 2.28. The molecule has 106 valence electrons. The third kappa shape index (κ3) is 3.20. The van der Waals surface area contributed by atoms with E-state index < -0.39 is 5.60 Å². The minimum absolute atomic E-state index is 0.207. The molecule has 2 rings (SSSR count). The molecule has 1 N–H and O–H groups in total. The van der Waals surface area contributed by atoms with Crippen molar-refractivity contribution >= 4 is 11.6 Å². The molecular weight excluding hydrogens is 275 g/mol. The van der Waals surface area contributed by atoms with E-state index in [0.717, 1.165) is 11.1 Å². The van der Waals surface area contributed by atoms with Crippen LogP contribution in [0.2, 0.25) is 5.02 Å². The first-order valence-corrected chi connectivity index (χ1v) is 6.91. The van der Waals surface area contributed by atoms with E-state index in [2.05, 4.69) is 0 Å². The Labute approximate surface area is 124 Å². The molecule has 0 aromatic heterocycles. The summed E-state index contributed by atoms with van der Waals surface area (Å²) in [4.78, 5) is 0. The highest BCUT2D eigenvalue weighted by atomic mass is 35.5. The first-order valence-electron chi connectivity index (χ1n) is 6.53. The molecule has 0 radical (unpaired) electrons. The van der Waals surface area contributed by atoms with Crippen LogP contribution in [0.3, 0.4) is 0 Å². The van der Waals surface area contributed by atoms with E-state index >= 15 is 0 Å². The minimum Gasteiger partial charge on any atom is -0.385 e. The van der Waals surface area contributed by atoms with E-state index in [1.165, 1.54) is 11.6 Å². The standard InChI is InChI=1S/C17H18ClFO/c1-11-4-6-14(8-12(11)2)17(3,20)10-13-5-7-15(18)9-16(13)19/h4-9,20H,10H2,1-3H3. The molecule has 0 aliphatic carbocycles. The van der Waals surface area contributed by atoms with Crippen molar-refractivity contribution in [2.45, 2.75) is 32.8 Å². The first-order chi connectivity index (χ1) is 9.29. The van der Waals surface area contributed by atoms with Crippen LogP contribution in [0.1, 0.15) is 29.2 Å². The van der Waals surface area contributed by atoms with Gasteiger partial charge >= 0.3 is 0 Å². The lowest BCUT2D eigenvalue weighted by Gasteiger charge is -2.25. The Bertz CT molecular complexity index is 635. The number of halogens is 2. The van der Waals surface area contributed by atoms with Crippen molar-refractivity contribution in [1.29, 1.82) is 0 Å². The molecule has 0 saturated heterocycles. The molecule has 2 aromatic rings. The van der Waals surface area contributed by atoms with Crippen molar-refractivity contribution in [2.75, 3.05) is 0 Å². The fraction of sp³-hybridized carbons (Fsp3) is 0.294. The van der Waals surface area contributed by atoms with Crippen LogP contribution < -0.4 is 0 Å². The van der Waals surface area contributed by atoms with Gasteiger partial charge in [0.2, 0.25) is 0 Å².